The molecule has 0 saturated heterocycles. The molecule has 5 atom stereocenters. The van der Waals surface area contributed by atoms with Crippen LogP contribution in [0.25, 0.3) is 0 Å². The lowest BCUT2D eigenvalue weighted by Gasteiger charge is -2.07. The highest BCUT2D eigenvalue weighted by Crippen LogP contribution is 1.93. The van der Waals surface area contributed by atoms with Gasteiger partial charge in [-0.2, -0.15) is 0 Å². The predicted octanol–water partition coefficient (Wildman–Crippen LogP) is -4.95. The number of aliphatic hydroxyl groups excluding tert-OH is 4. The average Bonchev–Trinajstić information content (AvgIpc) is 2.52. The molecule has 148 valence electrons. The Labute approximate surface area is 140 Å². The number of rotatable bonds is 7. The molecule has 25 heavy (non-hydrogen) atoms. The van der Waals surface area contributed by atoms with E-state index in [9.17, 15) is 19.2 Å². The zero-order valence-corrected chi connectivity index (χ0v) is 13.0. The van der Waals surface area contributed by atoms with Crippen molar-refractivity contribution < 1.29 is 60.0 Å². The van der Waals surface area contributed by atoms with Crippen LogP contribution in [0.15, 0.2) is 0 Å². The van der Waals surface area contributed by atoms with E-state index in [-0.39, 0.29) is 6.04 Å². The van der Waals surface area contributed by atoms with Crippen LogP contribution in [0, 0.1) is 0 Å². The van der Waals surface area contributed by atoms with Gasteiger partial charge < -0.3 is 52.3 Å². The van der Waals surface area contributed by atoms with Crippen LogP contribution in [0.3, 0.4) is 0 Å². The van der Waals surface area contributed by atoms with Gasteiger partial charge in [-0.1, -0.05) is 0 Å². The minimum atomic E-state index is -2.27. The van der Waals surface area contributed by atoms with Crippen molar-refractivity contribution in [2.45, 2.75) is 37.4 Å². The third-order valence-corrected chi connectivity index (χ3v) is 1.98. The van der Waals surface area contributed by atoms with Gasteiger partial charge in [0.05, 0.1) is 0 Å². The van der Waals surface area contributed by atoms with E-state index in [0.717, 1.165) is 0 Å². The maximum absolute atomic E-state index is 9.77. The number of carboxylic acids is 4. The van der Waals surface area contributed by atoms with Crippen LogP contribution >= 0.6 is 0 Å². The molecule has 0 saturated carbocycles. The molecule has 0 aromatic heterocycles. The molecule has 0 aliphatic heterocycles. The SMILES string of the molecule is C[C@@H](N)CN.O=C(O)[C@H](O)[C@@H](O)C(=O)O.O=C(O)[C@H](O)[C@@H](O)C(=O)O. The van der Waals surface area contributed by atoms with Crippen molar-refractivity contribution in [2.75, 3.05) is 6.54 Å². The van der Waals surface area contributed by atoms with Gasteiger partial charge in [-0.3, -0.25) is 0 Å². The Balaban J connectivity index is -0.000000308. The molecule has 0 aliphatic rings. The summed E-state index contributed by atoms with van der Waals surface area (Å²) in [6, 6.07) is 0.162. The summed E-state index contributed by atoms with van der Waals surface area (Å²) in [4.78, 5) is 39.1. The van der Waals surface area contributed by atoms with Crippen LogP contribution < -0.4 is 11.5 Å². The first-order valence-electron chi connectivity index (χ1n) is 6.29. The lowest BCUT2D eigenvalue weighted by Crippen LogP contribution is -2.39. The van der Waals surface area contributed by atoms with Gasteiger partial charge in [0, 0.05) is 12.6 Å². The van der Waals surface area contributed by atoms with E-state index in [2.05, 4.69) is 0 Å². The Morgan fingerprint density at radius 3 is 0.840 bits per heavy atom. The van der Waals surface area contributed by atoms with Gasteiger partial charge in [-0.05, 0) is 6.92 Å². The predicted molar refractivity (Wildman–Crippen MR) is 77.3 cm³/mol. The Morgan fingerprint density at radius 2 is 0.800 bits per heavy atom. The molecule has 0 aromatic carbocycles. The van der Waals surface area contributed by atoms with E-state index in [1.807, 2.05) is 6.92 Å². The Kier molecular flexibility index (Phi) is 15.4. The van der Waals surface area contributed by atoms with Gasteiger partial charge in [-0.25, -0.2) is 19.2 Å². The van der Waals surface area contributed by atoms with Gasteiger partial charge >= 0.3 is 23.9 Å². The molecule has 0 fully saturated rings. The van der Waals surface area contributed by atoms with Crippen LogP contribution in [-0.4, -0.2) is 102 Å². The molecule has 0 amide bonds. The molecule has 0 heterocycles. The highest BCUT2D eigenvalue weighted by atomic mass is 16.4. The second-order valence-corrected chi connectivity index (χ2v) is 4.35. The molecular formula is C11H22N2O12. The number of hydrogen-bond donors (Lipinski definition) is 10. The third-order valence-electron chi connectivity index (χ3n) is 1.98. The number of hydrogen-bond acceptors (Lipinski definition) is 10. The summed E-state index contributed by atoms with van der Waals surface area (Å²) >= 11 is 0. The molecule has 12 N–H and O–H groups in total. The van der Waals surface area contributed by atoms with Crippen LogP contribution in [0.5, 0.6) is 0 Å². The minimum absolute atomic E-state index is 0.162. The largest absolute Gasteiger partial charge is 0.479 e. The number of carboxylic acid groups (broad SMARTS) is 4. The van der Waals surface area contributed by atoms with Gasteiger partial charge in [0.1, 0.15) is 0 Å². The Bertz CT molecular complexity index is 369. The molecule has 0 aromatic rings. The number of carbonyl (C=O) groups is 4. The van der Waals surface area contributed by atoms with E-state index < -0.39 is 48.3 Å². The summed E-state index contributed by atoms with van der Waals surface area (Å²) in [5.74, 6) is -7.07. The van der Waals surface area contributed by atoms with Crippen LogP contribution in [0.1, 0.15) is 6.92 Å². The van der Waals surface area contributed by atoms with Crippen molar-refractivity contribution in [1.82, 2.24) is 0 Å². The summed E-state index contributed by atoms with van der Waals surface area (Å²) in [5, 5.41) is 65.1. The Hall–Kier alpha value is -2.36. The fraction of sp³-hybridized carbons (Fsp3) is 0.636. The Morgan fingerprint density at radius 1 is 0.680 bits per heavy atom. The van der Waals surface area contributed by atoms with E-state index >= 15 is 0 Å². The normalized spacial score (nSPS) is 15.6. The highest BCUT2D eigenvalue weighted by Gasteiger charge is 2.30. The fourth-order valence-corrected chi connectivity index (χ4v) is 0.540. The van der Waals surface area contributed by atoms with Crippen molar-refractivity contribution in [3.63, 3.8) is 0 Å². The second kappa shape index (κ2) is 14.0. The number of nitrogens with two attached hydrogens (primary N) is 2. The summed E-state index contributed by atoms with van der Waals surface area (Å²) in [5.41, 5.74) is 10.2. The molecule has 0 spiro atoms. The molecule has 0 radical (unpaired) electrons. The minimum Gasteiger partial charge on any atom is -0.479 e. The first-order chi connectivity index (χ1) is 11.2. The van der Waals surface area contributed by atoms with Crippen molar-refractivity contribution in [3.05, 3.63) is 0 Å². The van der Waals surface area contributed by atoms with Gasteiger partial charge in [0.25, 0.3) is 0 Å². The summed E-state index contributed by atoms with van der Waals surface area (Å²) in [6.07, 6.45) is -9.06. The summed E-state index contributed by atoms with van der Waals surface area (Å²) in [7, 11) is 0. The topological polar surface area (TPSA) is 282 Å². The van der Waals surface area contributed by atoms with E-state index in [1.165, 1.54) is 0 Å². The zero-order chi connectivity index (χ0) is 20.9. The standard InChI is InChI=1S/2C4H6O6.C3H10N2/c2*5-1(3(7)8)2(6)4(9)10;1-3(5)2-4/h2*1-2,5-6H,(H,7,8)(H,9,10);3H,2,4-5H2,1H3/t2*1-,2-;3-/m111/s1. The van der Waals surface area contributed by atoms with Gasteiger partial charge in [0.15, 0.2) is 24.4 Å². The molecule has 0 rings (SSSR count). The van der Waals surface area contributed by atoms with Crippen LogP contribution in [0.4, 0.5) is 0 Å². The molecule has 0 unspecified atom stereocenters. The number of aliphatic carboxylic acids is 4. The maximum atomic E-state index is 9.77. The van der Waals surface area contributed by atoms with Crippen molar-refractivity contribution in [2.24, 2.45) is 11.5 Å². The molecule has 0 bridgehead atoms. The number of aliphatic hydroxyl groups is 4. The van der Waals surface area contributed by atoms with E-state index in [1.54, 1.807) is 0 Å². The lowest BCUT2D eigenvalue weighted by atomic mass is 10.2. The molecule has 14 heteroatoms. The fourth-order valence-electron chi connectivity index (χ4n) is 0.540. The second-order valence-electron chi connectivity index (χ2n) is 4.35. The van der Waals surface area contributed by atoms with Crippen molar-refractivity contribution in [3.8, 4) is 0 Å². The van der Waals surface area contributed by atoms with Crippen LogP contribution in [-0.2, 0) is 19.2 Å². The third kappa shape index (κ3) is 14.9. The first kappa shape index (κ1) is 27.5. The van der Waals surface area contributed by atoms with Crippen LogP contribution in [0.2, 0.25) is 0 Å². The average molecular weight is 374 g/mol. The summed E-state index contributed by atoms with van der Waals surface area (Å²) < 4.78 is 0. The highest BCUT2D eigenvalue weighted by molar-refractivity contribution is 5.83. The maximum Gasteiger partial charge on any atom is 0.335 e. The molecule has 14 nitrogen and oxygen atoms in total. The van der Waals surface area contributed by atoms with Gasteiger partial charge in [-0.15, -0.1) is 0 Å². The van der Waals surface area contributed by atoms with Crippen molar-refractivity contribution >= 4 is 23.9 Å². The smallest absolute Gasteiger partial charge is 0.335 e. The first-order valence-corrected chi connectivity index (χ1v) is 6.29. The van der Waals surface area contributed by atoms with E-state index in [4.69, 9.17) is 52.3 Å². The van der Waals surface area contributed by atoms with Crippen molar-refractivity contribution in [1.29, 1.82) is 0 Å². The van der Waals surface area contributed by atoms with Gasteiger partial charge in [0.2, 0.25) is 0 Å². The molecule has 0 aliphatic carbocycles. The quantitative estimate of drug-likeness (QED) is 0.200. The summed E-state index contributed by atoms with van der Waals surface area (Å²) in [6.45, 7) is 2.46. The zero-order valence-electron chi connectivity index (χ0n) is 13.0. The molecular weight excluding hydrogens is 352 g/mol. The monoisotopic (exact) mass is 374 g/mol. The lowest BCUT2D eigenvalue weighted by molar-refractivity contribution is -0.165. The van der Waals surface area contributed by atoms with E-state index in [0.29, 0.717) is 6.54 Å².